The van der Waals surface area contributed by atoms with Gasteiger partial charge in [-0.1, -0.05) is 17.7 Å². The molecule has 0 radical (unpaired) electrons. The molecular formula is C20H18ClFN2O4S2. The molecule has 10 heteroatoms. The van der Waals surface area contributed by atoms with E-state index in [-0.39, 0.29) is 27.8 Å². The summed E-state index contributed by atoms with van der Waals surface area (Å²) in [5.41, 5.74) is 0.950. The Hall–Kier alpha value is -2.49. The summed E-state index contributed by atoms with van der Waals surface area (Å²) in [4.78, 5) is 16.4. The number of aryl methyl sites for hydroxylation is 2. The molecule has 158 valence electrons. The SMILES string of the molecule is CCN(c1nc(-c2ccc(F)c(Cl)c2)sc1C)S(=O)(=O)c1ccc(C)c(C(=O)O)c1. The van der Waals surface area contributed by atoms with Crippen LogP contribution in [0.3, 0.4) is 0 Å². The van der Waals surface area contributed by atoms with Gasteiger partial charge in [0, 0.05) is 17.0 Å². The maximum absolute atomic E-state index is 13.5. The summed E-state index contributed by atoms with van der Waals surface area (Å²) in [5.74, 6) is -1.52. The third-order valence-corrected chi connectivity index (χ3v) is 7.65. The predicted molar refractivity (Wildman–Crippen MR) is 116 cm³/mol. The lowest BCUT2D eigenvalue weighted by Crippen LogP contribution is -2.31. The van der Waals surface area contributed by atoms with Gasteiger partial charge in [0.15, 0.2) is 5.82 Å². The molecule has 0 unspecified atom stereocenters. The molecule has 0 spiro atoms. The van der Waals surface area contributed by atoms with E-state index in [0.29, 0.717) is 21.0 Å². The summed E-state index contributed by atoms with van der Waals surface area (Å²) in [6.07, 6.45) is 0. The van der Waals surface area contributed by atoms with Gasteiger partial charge in [-0.3, -0.25) is 0 Å². The summed E-state index contributed by atoms with van der Waals surface area (Å²) in [7, 11) is -4.06. The third-order valence-electron chi connectivity index (χ3n) is 4.49. The van der Waals surface area contributed by atoms with Crippen LogP contribution in [0.4, 0.5) is 10.2 Å². The van der Waals surface area contributed by atoms with Crippen LogP contribution in [0.1, 0.15) is 27.7 Å². The normalized spacial score (nSPS) is 11.5. The molecule has 0 saturated heterocycles. The maximum Gasteiger partial charge on any atom is 0.335 e. The minimum atomic E-state index is -4.06. The first kappa shape index (κ1) is 22.2. The third kappa shape index (κ3) is 4.05. The van der Waals surface area contributed by atoms with Crippen LogP contribution < -0.4 is 4.31 Å². The van der Waals surface area contributed by atoms with Crippen molar-refractivity contribution in [2.45, 2.75) is 25.7 Å². The van der Waals surface area contributed by atoms with Gasteiger partial charge in [0.05, 0.1) is 15.5 Å². The van der Waals surface area contributed by atoms with E-state index < -0.39 is 21.8 Å². The Morgan fingerprint density at radius 2 is 1.93 bits per heavy atom. The number of hydrogen-bond donors (Lipinski definition) is 1. The molecule has 0 fully saturated rings. The van der Waals surface area contributed by atoms with Gasteiger partial charge in [0.25, 0.3) is 10.0 Å². The van der Waals surface area contributed by atoms with Gasteiger partial charge in [-0.2, -0.15) is 0 Å². The average Bonchev–Trinajstić information content (AvgIpc) is 3.05. The zero-order valence-electron chi connectivity index (χ0n) is 16.3. The Morgan fingerprint density at radius 3 is 2.53 bits per heavy atom. The number of carboxylic acid groups (broad SMARTS) is 1. The highest BCUT2D eigenvalue weighted by molar-refractivity contribution is 7.92. The van der Waals surface area contributed by atoms with Crippen molar-refractivity contribution < 1.29 is 22.7 Å². The smallest absolute Gasteiger partial charge is 0.335 e. The Morgan fingerprint density at radius 1 is 1.23 bits per heavy atom. The largest absolute Gasteiger partial charge is 0.478 e. The Labute approximate surface area is 182 Å². The molecule has 0 saturated carbocycles. The molecule has 0 aliphatic carbocycles. The van der Waals surface area contributed by atoms with E-state index in [1.165, 1.54) is 41.7 Å². The van der Waals surface area contributed by atoms with Crippen molar-refractivity contribution in [3.63, 3.8) is 0 Å². The maximum atomic E-state index is 13.5. The molecule has 6 nitrogen and oxygen atoms in total. The van der Waals surface area contributed by atoms with E-state index in [9.17, 15) is 22.7 Å². The summed E-state index contributed by atoms with van der Waals surface area (Å²) in [5, 5.41) is 9.77. The van der Waals surface area contributed by atoms with Crippen LogP contribution >= 0.6 is 22.9 Å². The van der Waals surface area contributed by atoms with Gasteiger partial charge in [0.2, 0.25) is 0 Å². The summed E-state index contributed by atoms with van der Waals surface area (Å²) < 4.78 is 41.1. The van der Waals surface area contributed by atoms with Crippen molar-refractivity contribution in [2.24, 2.45) is 0 Å². The van der Waals surface area contributed by atoms with Crippen molar-refractivity contribution in [1.82, 2.24) is 4.98 Å². The molecule has 0 amide bonds. The molecule has 30 heavy (non-hydrogen) atoms. The number of benzene rings is 2. The number of rotatable bonds is 6. The van der Waals surface area contributed by atoms with Crippen molar-refractivity contribution in [1.29, 1.82) is 0 Å². The second kappa shape index (κ2) is 8.33. The molecule has 0 atom stereocenters. The van der Waals surface area contributed by atoms with Crippen molar-refractivity contribution in [3.05, 3.63) is 63.2 Å². The lowest BCUT2D eigenvalue weighted by Gasteiger charge is -2.21. The molecular weight excluding hydrogens is 451 g/mol. The van der Waals surface area contributed by atoms with Gasteiger partial charge in [-0.05, 0) is 56.7 Å². The first-order valence-corrected chi connectivity index (χ1v) is 11.5. The van der Waals surface area contributed by atoms with E-state index >= 15 is 0 Å². The second-order valence-corrected chi connectivity index (χ2v) is 9.95. The lowest BCUT2D eigenvalue weighted by molar-refractivity contribution is 0.0696. The number of carboxylic acids is 1. The van der Waals surface area contributed by atoms with Gasteiger partial charge in [0.1, 0.15) is 10.8 Å². The molecule has 1 aromatic heterocycles. The van der Waals surface area contributed by atoms with Crippen LogP contribution in [-0.2, 0) is 10.0 Å². The zero-order chi connectivity index (χ0) is 22.2. The summed E-state index contributed by atoms with van der Waals surface area (Å²) >= 11 is 7.11. The van der Waals surface area contributed by atoms with Crippen LogP contribution in [0, 0.1) is 19.7 Å². The predicted octanol–water partition coefficient (Wildman–Crippen LogP) is 5.13. The lowest BCUT2D eigenvalue weighted by atomic mass is 10.1. The number of aromatic carboxylic acids is 1. The van der Waals surface area contributed by atoms with Crippen LogP contribution in [0.2, 0.25) is 5.02 Å². The molecule has 2 aromatic carbocycles. The molecule has 3 aromatic rings. The van der Waals surface area contributed by atoms with Crippen LogP contribution in [-0.4, -0.2) is 31.0 Å². The minimum Gasteiger partial charge on any atom is -0.478 e. The minimum absolute atomic E-state index is 0.0530. The Bertz CT molecular complexity index is 1240. The summed E-state index contributed by atoms with van der Waals surface area (Å²) in [6.45, 7) is 5.09. The molecule has 1 heterocycles. The van der Waals surface area contributed by atoms with E-state index in [2.05, 4.69) is 4.98 Å². The average molecular weight is 469 g/mol. The number of thiazole rings is 1. The van der Waals surface area contributed by atoms with Crippen LogP contribution in [0.5, 0.6) is 0 Å². The van der Waals surface area contributed by atoms with Gasteiger partial charge >= 0.3 is 5.97 Å². The topological polar surface area (TPSA) is 87.6 Å². The quantitative estimate of drug-likeness (QED) is 0.541. The highest BCUT2D eigenvalue weighted by Crippen LogP contribution is 2.36. The van der Waals surface area contributed by atoms with Crippen molar-refractivity contribution in [3.8, 4) is 10.6 Å². The number of anilines is 1. The van der Waals surface area contributed by atoms with Crippen LogP contribution in [0.15, 0.2) is 41.3 Å². The van der Waals surface area contributed by atoms with Crippen LogP contribution in [0.25, 0.3) is 10.6 Å². The number of nitrogens with zero attached hydrogens (tertiary/aromatic N) is 2. The zero-order valence-corrected chi connectivity index (χ0v) is 18.7. The van der Waals surface area contributed by atoms with E-state index in [4.69, 9.17) is 11.6 Å². The van der Waals surface area contributed by atoms with Gasteiger partial charge in [-0.15, -0.1) is 11.3 Å². The molecule has 0 aliphatic heterocycles. The number of hydrogen-bond acceptors (Lipinski definition) is 5. The fourth-order valence-electron chi connectivity index (χ4n) is 2.93. The molecule has 0 aliphatic rings. The Balaban J connectivity index is 2.08. The van der Waals surface area contributed by atoms with E-state index in [1.807, 2.05) is 0 Å². The van der Waals surface area contributed by atoms with Gasteiger partial charge in [-0.25, -0.2) is 26.9 Å². The highest BCUT2D eigenvalue weighted by Gasteiger charge is 2.28. The summed E-state index contributed by atoms with van der Waals surface area (Å²) in [6, 6.07) is 8.17. The highest BCUT2D eigenvalue weighted by atomic mass is 35.5. The van der Waals surface area contributed by atoms with E-state index in [0.717, 1.165) is 10.4 Å². The second-order valence-electron chi connectivity index (χ2n) is 6.48. The first-order chi connectivity index (χ1) is 14.1. The molecule has 0 bridgehead atoms. The fourth-order valence-corrected chi connectivity index (χ4v) is 5.58. The molecule has 1 N–H and O–H groups in total. The van der Waals surface area contributed by atoms with E-state index in [1.54, 1.807) is 20.8 Å². The van der Waals surface area contributed by atoms with Crippen molar-refractivity contribution in [2.75, 3.05) is 10.8 Å². The fraction of sp³-hybridized carbons (Fsp3) is 0.200. The van der Waals surface area contributed by atoms with Gasteiger partial charge < -0.3 is 5.11 Å². The number of halogens is 2. The molecule has 3 rings (SSSR count). The standard InChI is InChI=1S/C20H18ClFN2O4S2/c1-4-24(30(27,28)14-7-5-11(2)15(10-14)20(25)26)18-12(3)29-19(23-18)13-6-8-17(22)16(21)9-13/h5-10H,4H2,1-3H3,(H,25,26). The first-order valence-electron chi connectivity index (χ1n) is 8.85. The Kier molecular flexibility index (Phi) is 6.16. The monoisotopic (exact) mass is 468 g/mol. The number of carbonyl (C=O) groups is 1. The number of sulfonamides is 1. The number of aromatic nitrogens is 1. The van der Waals surface area contributed by atoms with Crippen molar-refractivity contribution >= 4 is 44.7 Å².